The Balaban J connectivity index is 2.44. The quantitative estimate of drug-likeness (QED) is 0.488. The second-order valence-electron chi connectivity index (χ2n) is 12.2. The summed E-state index contributed by atoms with van der Waals surface area (Å²) in [5, 5.41) is 21.0. The Bertz CT molecular complexity index is 742. The normalized spacial score (nSPS) is 27.6. The predicted octanol–water partition coefficient (Wildman–Crippen LogP) is 5.06. The largest absolute Gasteiger partial charge is 0.408 e. The summed E-state index contributed by atoms with van der Waals surface area (Å²) >= 11 is 0. The SMILES string of the molecule is CC(C)(C)[Si](C)(C)O[C@@H]1[C@@H](O[Si](C)(C)C(C)(C)C)[C@@H](O)O[C@H](CO)[C@H]1OCc1ccccc1. The summed E-state index contributed by atoms with van der Waals surface area (Å²) in [6.07, 6.45) is -3.77. The molecular formula is C25H46O6Si2. The van der Waals surface area contributed by atoms with E-state index < -0.39 is 47.3 Å². The molecule has 0 aliphatic carbocycles. The van der Waals surface area contributed by atoms with Crippen LogP contribution >= 0.6 is 0 Å². The summed E-state index contributed by atoms with van der Waals surface area (Å²) in [6.45, 7) is 21.8. The Kier molecular flexibility index (Phi) is 9.18. The van der Waals surface area contributed by atoms with Crippen LogP contribution in [0.3, 0.4) is 0 Å². The van der Waals surface area contributed by atoms with Crippen molar-refractivity contribution in [1.29, 1.82) is 0 Å². The lowest BCUT2D eigenvalue weighted by molar-refractivity contribution is -0.289. The molecule has 33 heavy (non-hydrogen) atoms. The van der Waals surface area contributed by atoms with E-state index in [4.69, 9.17) is 18.3 Å². The van der Waals surface area contributed by atoms with Gasteiger partial charge in [0.2, 0.25) is 0 Å². The molecule has 0 unspecified atom stereocenters. The smallest absolute Gasteiger partial charge is 0.192 e. The minimum Gasteiger partial charge on any atom is -0.408 e. The topological polar surface area (TPSA) is 77.4 Å². The third-order valence-electron chi connectivity index (χ3n) is 7.55. The van der Waals surface area contributed by atoms with Crippen LogP contribution < -0.4 is 0 Å². The van der Waals surface area contributed by atoms with Crippen LogP contribution in [0, 0.1) is 0 Å². The van der Waals surface area contributed by atoms with Gasteiger partial charge in [0.1, 0.15) is 24.4 Å². The lowest BCUT2D eigenvalue weighted by Crippen LogP contribution is -2.66. The number of hydrogen-bond acceptors (Lipinski definition) is 6. The molecule has 1 aliphatic heterocycles. The number of hydrogen-bond donors (Lipinski definition) is 2. The van der Waals surface area contributed by atoms with E-state index in [0.717, 1.165) is 5.56 Å². The summed E-state index contributed by atoms with van der Waals surface area (Å²) < 4.78 is 25.8. The lowest BCUT2D eigenvalue weighted by Gasteiger charge is -2.51. The zero-order valence-electron chi connectivity index (χ0n) is 22.2. The molecule has 0 bridgehead atoms. The van der Waals surface area contributed by atoms with Crippen molar-refractivity contribution >= 4 is 16.6 Å². The van der Waals surface area contributed by atoms with Crippen LogP contribution in [-0.2, 0) is 24.9 Å². The second-order valence-corrected chi connectivity index (χ2v) is 21.7. The zero-order valence-corrected chi connectivity index (χ0v) is 24.2. The Hall–Kier alpha value is -0.586. The van der Waals surface area contributed by atoms with E-state index in [1.807, 2.05) is 30.3 Å². The molecule has 1 fully saturated rings. The van der Waals surface area contributed by atoms with Crippen molar-refractivity contribution in [1.82, 2.24) is 0 Å². The first kappa shape index (κ1) is 28.6. The first-order valence-corrected chi connectivity index (χ1v) is 17.8. The van der Waals surface area contributed by atoms with Gasteiger partial charge in [-0.3, -0.25) is 0 Å². The van der Waals surface area contributed by atoms with Gasteiger partial charge in [0.05, 0.1) is 13.2 Å². The number of aliphatic hydroxyl groups is 2. The molecule has 190 valence electrons. The summed E-state index contributed by atoms with van der Waals surface area (Å²) in [4.78, 5) is 0. The average molecular weight is 499 g/mol. The fraction of sp³-hybridized carbons (Fsp3) is 0.760. The van der Waals surface area contributed by atoms with Gasteiger partial charge < -0.3 is 28.5 Å². The van der Waals surface area contributed by atoms with Crippen molar-refractivity contribution in [2.75, 3.05) is 6.61 Å². The highest BCUT2D eigenvalue weighted by Gasteiger charge is 2.54. The summed E-state index contributed by atoms with van der Waals surface area (Å²) in [6, 6.07) is 9.90. The summed E-state index contributed by atoms with van der Waals surface area (Å²) in [7, 11) is -4.54. The minimum atomic E-state index is -2.27. The fourth-order valence-corrected chi connectivity index (χ4v) is 5.89. The first-order valence-electron chi connectivity index (χ1n) is 12.0. The summed E-state index contributed by atoms with van der Waals surface area (Å²) in [5.41, 5.74) is 1.02. The van der Waals surface area contributed by atoms with E-state index in [0.29, 0.717) is 6.61 Å². The highest BCUT2D eigenvalue weighted by atomic mass is 28.4. The average Bonchev–Trinajstić information content (AvgIpc) is 2.68. The number of ether oxygens (including phenoxy) is 2. The van der Waals surface area contributed by atoms with E-state index in [1.54, 1.807) is 0 Å². The highest BCUT2D eigenvalue weighted by Crippen LogP contribution is 2.43. The molecule has 1 aromatic rings. The van der Waals surface area contributed by atoms with Gasteiger partial charge in [-0.2, -0.15) is 0 Å². The number of rotatable bonds is 8. The molecule has 0 spiro atoms. The first-order chi connectivity index (χ1) is 15.0. The molecule has 0 aromatic heterocycles. The van der Waals surface area contributed by atoms with Gasteiger partial charge in [-0.15, -0.1) is 0 Å². The molecule has 2 N–H and O–H groups in total. The van der Waals surface area contributed by atoms with E-state index in [2.05, 4.69) is 67.7 Å². The van der Waals surface area contributed by atoms with Crippen LogP contribution in [0.25, 0.3) is 0 Å². The van der Waals surface area contributed by atoms with Gasteiger partial charge in [-0.05, 0) is 41.8 Å². The minimum absolute atomic E-state index is 0.0452. The molecule has 1 aliphatic rings. The predicted molar refractivity (Wildman–Crippen MR) is 137 cm³/mol. The second kappa shape index (κ2) is 10.6. The van der Waals surface area contributed by atoms with E-state index >= 15 is 0 Å². The van der Waals surface area contributed by atoms with Crippen molar-refractivity contribution < 1.29 is 28.5 Å². The number of aliphatic hydroxyl groups excluding tert-OH is 2. The van der Waals surface area contributed by atoms with Crippen molar-refractivity contribution in [2.24, 2.45) is 0 Å². The maximum absolute atomic E-state index is 11.0. The molecule has 8 heteroatoms. The van der Waals surface area contributed by atoms with E-state index in [1.165, 1.54) is 0 Å². The molecule has 1 heterocycles. The Morgan fingerprint density at radius 1 is 0.818 bits per heavy atom. The van der Waals surface area contributed by atoms with Crippen LogP contribution in [-0.4, -0.2) is 64.2 Å². The Morgan fingerprint density at radius 2 is 1.30 bits per heavy atom. The third kappa shape index (κ3) is 6.98. The zero-order chi connectivity index (χ0) is 25.2. The fourth-order valence-electron chi connectivity index (χ4n) is 3.30. The van der Waals surface area contributed by atoms with Gasteiger partial charge in [-0.1, -0.05) is 71.9 Å². The van der Waals surface area contributed by atoms with Gasteiger partial charge in [-0.25, -0.2) is 0 Å². The Morgan fingerprint density at radius 3 is 1.76 bits per heavy atom. The van der Waals surface area contributed by atoms with Crippen LogP contribution in [0.15, 0.2) is 30.3 Å². The van der Waals surface area contributed by atoms with Crippen LogP contribution in [0.5, 0.6) is 0 Å². The molecule has 0 saturated carbocycles. The van der Waals surface area contributed by atoms with E-state index in [9.17, 15) is 10.2 Å². The van der Waals surface area contributed by atoms with Crippen molar-refractivity contribution in [3.8, 4) is 0 Å². The molecule has 1 aromatic carbocycles. The molecule has 5 atom stereocenters. The Labute approximate surface area is 202 Å². The van der Waals surface area contributed by atoms with Crippen LogP contribution in [0.2, 0.25) is 36.3 Å². The maximum Gasteiger partial charge on any atom is 0.192 e. The highest BCUT2D eigenvalue weighted by molar-refractivity contribution is 6.74. The van der Waals surface area contributed by atoms with Crippen molar-refractivity contribution in [3.05, 3.63) is 35.9 Å². The maximum atomic E-state index is 11.0. The molecule has 1 saturated heterocycles. The van der Waals surface area contributed by atoms with Gasteiger partial charge in [0, 0.05) is 0 Å². The van der Waals surface area contributed by atoms with Crippen LogP contribution in [0.4, 0.5) is 0 Å². The molecule has 2 rings (SSSR count). The third-order valence-corrected chi connectivity index (χ3v) is 16.5. The van der Waals surface area contributed by atoms with Crippen LogP contribution in [0.1, 0.15) is 47.1 Å². The standard InChI is InChI=1S/C25H46O6Si2/c1-24(2,3)32(7,8)30-21-20(28-17-18-14-12-11-13-15-18)19(16-26)29-23(27)22(21)31-33(9,10)25(4,5)6/h11-15,19-23,26-27H,16-17H2,1-10H3/t19-,20-,21+,22-,23+/m1/s1. The molecular weight excluding hydrogens is 452 g/mol. The van der Waals surface area contributed by atoms with Crippen molar-refractivity contribution in [3.63, 3.8) is 0 Å². The summed E-state index contributed by atoms with van der Waals surface area (Å²) in [5.74, 6) is 0. The van der Waals surface area contributed by atoms with Gasteiger partial charge in [0.25, 0.3) is 0 Å². The van der Waals surface area contributed by atoms with Crippen molar-refractivity contribution in [2.45, 2.75) is 115 Å². The molecule has 0 radical (unpaired) electrons. The monoisotopic (exact) mass is 498 g/mol. The van der Waals surface area contributed by atoms with E-state index in [-0.39, 0.29) is 16.7 Å². The van der Waals surface area contributed by atoms with Gasteiger partial charge >= 0.3 is 0 Å². The lowest BCUT2D eigenvalue weighted by atomic mass is 9.99. The molecule has 0 amide bonds. The van der Waals surface area contributed by atoms with Gasteiger partial charge in [0.15, 0.2) is 22.9 Å². The number of benzene rings is 1. The molecule has 6 nitrogen and oxygen atoms in total.